The largest absolute Gasteiger partial charge is 0.421 e. The molecule has 3 N–H and O–H groups in total. The van der Waals surface area contributed by atoms with Crippen LogP contribution in [0.3, 0.4) is 0 Å². The summed E-state index contributed by atoms with van der Waals surface area (Å²) < 4.78 is 5.79. The highest BCUT2D eigenvalue weighted by Gasteiger charge is 2.54. The van der Waals surface area contributed by atoms with Gasteiger partial charge in [-0.15, -0.1) is 0 Å². The van der Waals surface area contributed by atoms with Crippen molar-refractivity contribution in [3.8, 4) is 6.01 Å². The fourth-order valence-electron chi connectivity index (χ4n) is 3.74. The lowest BCUT2D eigenvalue weighted by Crippen LogP contribution is -2.29. The first-order valence-electron chi connectivity index (χ1n) is 8.92. The second-order valence-electron chi connectivity index (χ2n) is 6.84. The first kappa shape index (κ1) is 17.9. The van der Waals surface area contributed by atoms with Crippen molar-refractivity contribution in [1.29, 1.82) is 0 Å². The third-order valence-electron chi connectivity index (χ3n) is 5.22. The van der Waals surface area contributed by atoms with Crippen LogP contribution in [0.15, 0.2) is 21.9 Å². The third kappa shape index (κ3) is 3.08. The molecule has 1 saturated heterocycles. The van der Waals surface area contributed by atoms with Crippen molar-refractivity contribution in [2.75, 3.05) is 25.0 Å². The Morgan fingerprint density at radius 3 is 2.81 bits per heavy atom. The van der Waals surface area contributed by atoms with Gasteiger partial charge in [0, 0.05) is 31.9 Å². The minimum atomic E-state index is 0.206. The number of allylic oxidation sites excluding steroid dienone is 1. The predicted molar refractivity (Wildman–Crippen MR) is 108 cm³/mol. The zero-order valence-corrected chi connectivity index (χ0v) is 16.1. The van der Waals surface area contributed by atoms with Crippen LogP contribution in [0.5, 0.6) is 6.01 Å². The molecular weight excluding hydrogens is 366 g/mol. The van der Waals surface area contributed by atoms with Crippen LogP contribution in [0.4, 0.5) is 5.82 Å². The molecule has 0 amide bonds. The average Bonchev–Trinajstić information content (AvgIpc) is 3.01. The summed E-state index contributed by atoms with van der Waals surface area (Å²) in [6.07, 6.45) is 3.77. The number of aryl methyl sites for hydroxylation is 1. The van der Waals surface area contributed by atoms with Crippen LogP contribution in [0, 0.1) is 11.8 Å². The molecule has 8 nitrogen and oxygen atoms in total. The summed E-state index contributed by atoms with van der Waals surface area (Å²) in [5.41, 5.74) is 7.67. The summed E-state index contributed by atoms with van der Waals surface area (Å²) >= 11 is 6.62. The highest BCUT2D eigenvalue weighted by Crippen LogP contribution is 2.47. The number of nitrogens with one attached hydrogen (secondary N) is 1. The zero-order valence-electron chi connectivity index (χ0n) is 15.3. The smallest absolute Gasteiger partial charge is 0.326 e. The molecule has 2 unspecified atom stereocenters. The van der Waals surface area contributed by atoms with Gasteiger partial charge in [0.2, 0.25) is 0 Å². The van der Waals surface area contributed by atoms with E-state index in [1.54, 1.807) is 7.05 Å². The third-order valence-corrected chi connectivity index (χ3v) is 5.64. The molecule has 0 radical (unpaired) electrons. The maximum Gasteiger partial charge on any atom is 0.326 e. The summed E-state index contributed by atoms with van der Waals surface area (Å²) in [7, 11) is 1.65. The Balaban J connectivity index is 1.77. The number of aromatic nitrogens is 3. The minimum absolute atomic E-state index is 0.206. The number of piperidine rings is 1. The monoisotopic (exact) mass is 387 g/mol. The molecule has 2 fully saturated rings. The number of hydrogen-bond acceptors (Lipinski definition) is 7. The first-order valence-corrected chi connectivity index (χ1v) is 9.29. The lowest BCUT2D eigenvalue weighted by atomic mass is 10.2. The van der Waals surface area contributed by atoms with Gasteiger partial charge in [-0.3, -0.25) is 9.98 Å². The van der Waals surface area contributed by atoms with Crippen LogP contribution in [0.2, 0.25) is 5.02 Å². The van der Waals surface area contributed by atoms with Gasteiger partial charge in [-0.25, -0.2) is 0 Å². The molecule has 142 valence electrons. The topological polar surface area (TPSA) is 105 Å². The summed E-state index contributed by atoms with van der Waals surface area (Å²) in [6.45, 7) is 7.23. The first-order chi connectivity index (χ1) is 13.1. The highest BCUT2D eigenvalue weighted by atomic mass is 35.5. The number of nitrogens with two attached hydrogens (primary N) is 1. The van der Waals surface area contributed by atoms with E-state index in [1.165, 1.54) is 12.4 Å². The number of anilines is 1. The maximum atomic E-state index is 6.62. The zero-order chi connectivity index (χ0) is 19.1. The Kier molecular flexibility index (Phi) is 4.61. The van der Waals surface area contributed by atoms with Crippen molar-refractivity contribution in [1.82, 2.24) is 15.0 Å². The molecular formula is C18H22ClN7O. The summed E-state index contributed by atoms with van der Waals surface area (Å²) in [4.78, 5) is 22.3. The van der Waals surface area contributed by atoms with Crippen molar-refractivity contribution in [3.05, 3.63) is 22.7 Å². The second-order valence-corrected chi connectivity index (χ2v) is 7.22. The van der Waals surface area contributed by atoms with Gasteiger partial charge in [0.15, 0.2) is 5.76 Å². The molecule has 2 aromatic rings. The van der Waals surface area contributed by atoms with E-state index >= 15 is 0 Å². The Morgan fingerprint density at radius 1 is 1.44 bits per heavy atom. The van der Waals surface area contributed by atoms with Crippen LogP contribution in [0.1, 0.15) is 12.6 Å². The molecule has 1 aliphatic heterocycles. The fraction of sp³-hybridized carbons (Fsp3) is 0.444. The molecule has 9 heteroatoms. The quantitative estimate of drug-likeness (QED) is 0.584. The second kappa shape index (κ2) is 6.94. The van der Waals surface area contributed by atoms with E-state index in [0.29, 0.717) is 34.3 Å². The van der Waals surface area contributed by atoms with Gasteiger partial charge >= 0.3 is 6.01 Å². The van der Waals surface area contributed by atoms with E-state index < -0.39 is 0 Å². The Bertz CT molecular complexity index is 939. The van der Waals surface area contributed by atoms with Crippen LogP contribution in [-0.2, 0) is 6.42 Å². The summed E-state index contributed by atoms with van der Waals surface area (Å²) in [6, 6.07) is 0.508. The molecule has 27 heavy (non-hydrogen) atoms. The van der Waals surface area contributed by atoms with E-state index in [9.17, 15) is 0 Å². The molecule has 2 aromatic heterocycles. The maximum absolute atomic E-state index is 6.62. The molecule has 1 saturated carbocycles. The van der Waals surface area contributed by atoms with E-state index in [2.05, 4.69) is 36.6 Å². The Hall–Kier alpha value is -2.45. The predicted octanol–water partition coefficient (Wildman–Crippen LogP) is 2.19. The standard InChI is InChI=1S/C18H22ClN7O/c1-4-12-14(19)13-16(23-12)24-18(27-9(5-21-2)6-22-3)25-17(13)26-7-10-11(8-26)15(10)20/h5-6,10-11,15H,2,4,7-8,20H2,1,3H3,(H,23,24,25)/b9-5+,22-6?. The van der Waals surface area contributed by atoms with Gasteiger partial charge in [-0.1, -0.05) is 18.5 Å². The fourth-order valence-corrected chi connectivity index (χ4v) is 4.10. The number of nitrogens with zero attached hydrogens (tertiary/aromatic N) is 5. The Labute approximate surface area is 162 Å². The molecule has 3 heterocycles. The van der Waals surface area contributed by atoms with Gasteiger partial charge in [-0.2, -0.15) is 9.97 Å². The number of hydrogen-bond donors (Lipinski definition) is 2. The minimum Gasteiger partial charge on any atom is -0.421 e. The van der Waals surface area contributed by atoms with Gasteiger partial charge < -0.3 is 20.4 Å². The number of aliphatic imine (C=N–C) groups is 2. The number of H-pyrrole nitrogens is 1. The van der Waals surface area contributed by atoms with Gasteiger partial charge in [0.25, 0.3) is 0 Å². The van der Waals surface area contributed by atoms with Crippen molar-refractivity contribution in [2.45, 2.75) is 19.4 Å². The SMILES string of the molecule is C=N/C=C(\C=NC)Oc1nc(N2CC3C(N)C3C2)c2c(Cl)c(CC)[nH]c2n1. The van der Waals surface area contributed by atoms with Gasteiger partial charge in [-0.05, 0) is 25.0 Å². The number of fused-ring (bicyclic) bond motifs is 2. The van der Waals surface area contributed by atoms with Crippen molar-refractivity contribution >= 4 is 41.4 Å². The van der Waals surface area contributed by atoms with Gasteiger partial charge in [0.05, 0.1) is 22.8 Å². The molecule has 4 rings (SSSR count). The van der Waals surface area contributed by atoms with Crippen molar-refractivity contribution in [2.24, 2.45) is 27.6 Å². The van der Waals surface area contributed by atoms with E-state index in [1.807, 2.05) is 6.92 Å². The van der Waals surface area contributed by atoms with Crippen LogP contribution in [-0.4, -0.2) is 54.1 Å². The van der Waals surface area contributed by atoms with Crippen LogP contribution < -0.4 is 15.4 Å². The average molecular weight is 388 g/mol. The number of halogens is 1. The normalized spacial score (nSPS) is 24.7. The summed E-state index contributed by atoms with van der Waals surface area (Å²) in [5.74, 6) is 2.22. The number of ether oxygens (including phenoxy) is 1. The number of aromatic amines is 1. The van der Waals surface area contributed by atoms with Gasteiger partial charge in [0.1, 0.15) is 11.5 Å². The lowest BCUT2D eigenvalue weighted by Gasteiger charge is -2.21. The molecule has 0 bridgehead atoms. The summed E-state index contributed by atoms with van der Waals surface area (Å²) in [5, 5.41) is 1.49. The van der Waals surface area contributed by atoms with E-state index in [4.69, 9.17) is 22.1 Å². The molecule has 0 spiro atoms. The van der Waals surface area contributed by atoms with Crippen molar-refractivity contribution in [3.63, 3.8) is 0 Å². The van der Waals surface area contributed by atoms with E-state index in [0.717, 1.165) is 36.4 Å². The van der Waals surface area contributed by atoms with Crippen LogP contribution in [0.25, 0.3) is 11.0 Å². The van der Waals surface area contributed by atoms with Crippen LogP contribution >= 0.6 is 11.6 Å². The molecule has 2 atom stereocenters. The molecule has 0 aromatic carbocycles. The molecule has 2 aliphatic rings. The van der Waals surface area contributed by atoms with E-state index in [-0.39, 0.29) is 6.01 Å². The molecule has 1 aliphatic carbocycles. The highest BCUT2D eigenvalue weighted by molar-refractivity contribution is 6.37. The van der Waals surface area contributed by atoms with Crippen molar-refractivity contribution < 1.29 is 4.74 Å². The Morgan fingerprint density at radius 2 is 2.19 bits per heavy atom. The lowest BCUT2D eigenvalue weighted by molar-refractivity contribution is 0.419. The number of rotatable bonds is 6.